The minimum Gasteiger partial charge on any atom is -0.370 e. The molecule has 3 nitrogen and oxygen atoms in total. The van der Waals surface area contributed by atoms with Crippen LogP contribution in [0.1, 0.15) is 0 Å². The van der Waals surface area contributed by atoms with E-state index in [0.717, 1.165) is 17.2 Å². The van der Waals surface area contributed by atoms with E-state index in [4.69, 9.17) is 4.99 Å². The van der Waals surface area contributed by atoms with Gasteiger partial charge < -0.3 is 5.32 Å². The van der Waals surface area contributed by atoms with Crippen molar-refractivity contribution in [3.8, 4) is 11.1 Å². The molecular formula is C38H21N3S2. The number of aromatic nitrogens is 1. The summed E-state index contributed by atoms with van der Waals surface area (Å²) in [5, 5.41) is 13.0. The quantitative estimate of drug-likeness (QED) is 0.205. The molecule has 0 fully saturated rings. The molecule has 200 valence electrons. The van der Waals surface area contributed by atoms with Crippen LogP contribution in [0, 0.1) is 0 Å². The number of fused-ring (bicyclic) bond motifs is 14. The Bertz CT molecular complexity index is 2770. The molecule has 4 aromatic heterocycles. The van der Waals surface area contributed by atoms with Crippen LogP contribution in [0.3, 0.4) is 0 Å². The minimum atomic E-state index is 0.100. The van der Waals surface area contributed by atoms with Gasteiger partial charge in [0.1, 0.15) is 0 Å². The van der Waals surface area contributed by atoms with E-state index in [1.165, 1.54) is 78.7 Å². The molecule has 43 heavy (non-hydrogen) atoms. The summed E-state index contributed by atoms with van der Waals surface area (Å²) >= 11 is 3.76. The Hall–Kier alpha value is -4.97. The van der Waals surface area contributed by atoms with Crippen molar-refractivity contribution in [2.75, 3.05) is 5.32 Å². The van der Waals surface area contributed by atoms with Crippen molar-refractivity contribution in [1.82, 2.24) is 4.40 Å². The highest BCUT2D eigenvalue weighted by molar-refractivity contribution is 7.26. The topological polar surface area (TPSA) is 28.8 Å². The lowest BCUT2D eigenvalue weighted by Crippen LogP contribution is -2.29. The number of benzene rings is 5. The van der Waals surface area contributed by atoms with Gasteiger partial charge in [-0.3, -0.25) is 4.40 Å². The molecule has 11 rings (SSSR count). The van der Waals surface area contributed by atoms with E-state index in [9.17, 15) is 0 Å². The van der Waals surface area contributed by atoms with Gasteiger partial charge in [-0.25, -0.2) is 4.99 Å². The summed E-state index contributed by atoms with van der Waals surface area (Å²) in [5.41, 5.74) is 7.15. The summed E-state index contributed by atoms with van der Waals surface area (Å²) in [5.74, 6) is 1.00. The Kier molecular flexibility index (Phi) is 4.15. The lowest BCUT2D eigenvalue weighted by atomic mass is 9.98. The molecule has 0 amide bonds. The molecule has 1 atom stereocenters. The maximum atomic E-state index is 5.26. The van der Waals surface area contributed by atoms with Gasteiger partial charge in [-0.05, 0) is 53.6 Å². The fourth-order valence-electron chi connectivity index (χ4n) is 7.44. The monoisotopic (exact) mass is 583 g/mol. The number of allylic oxidation sites excluding steroid dienone is 2. The van der Waals surface area contributed by atoms with Gasteiger partial charge in [-0.1, -0.05) is 72.8 Å². The van der Waals surface area contributed by atoms with Crippen LogP contribution in [0.4, 0.5) is 11.5 Å². The van der Waals surface area contributed by atoms with E-state index in [2.05, 4.69) is 125 Å². The Morgan fingerprint density at radius 2 is 1.40 bits per heavy atom. The van der Waals surface area contributed by atoms with Crippen molar-refractivity contribution < 1.29 is 0 Å². The predicted octanol–water partition coefficient (Wildman–Crippen LogP) is 11.1. The van der Waals surface area contributed by atoms with Crippen molar-refractivity contribution in [1.29, 1.82) is 0 Å². The second-order valence-corrected chi connectivity index (χ2v) is 13.8. The van der Waals surface area contributed by atoms with Crippen molar-refractivity contribution >= 4 is 107 Å². The lowest BCUT2D eigenvalue weighted by Gasteiger charge is -2.23. The molecule has 5 heterocycles. The number of nitrogens with zero attached hydrogens (tertiary/aromatic N) is 2. The molecule has 0 spiro atoms. The third kappa shape index (κ3) is 2.86. The maximum Gasteiger partial charge on any atom is 0.162 e. The molecule has 9 aromatic rings. The number of hydrogen-bond donors (Lipinski definition) is 1. The zero-order valence-electron chi connectivity index (χ0n) is 22.8. The largest absolute Gasteiger partial charge is 0.370 e. The summed E-state index contributed by atoms with van der Waals surface area (Å²) in [7, 11) is 0. The Labute approximate surface area is 253 Å². The lowest BCUT2D eigenvalue weighted by molar-refractivity contribution is 1.11. The van der Waals surface area contributed by atoms with Gasteiger partial charge in [0, 0.05) is 56.5 Å². The van der Waals surface area contributed by atoms with Crippen LogP contribution < -0.4 is 5.32 Å². The average molecular weight is 584 g/mol. The minimum absolute atomic E-state index is 0.100. The number of anilines is 1. The number of aliphatic imine (C=N–C) groups is 1. The van der Waals surface area contributed by atoms with Crippen LogP contribution in [0.5, 0.6) is 0 Å². The second-order valence-electron chi connectivity index (χ2n) is 11.6. The number of thiophene rings is 2. The zero-order valence-corrected chi connectivity index (χ0v) is 24.4. The van der Waals surface area contributed by atoms with E-state index in [1.54, 1.807) is 0 Å². The third-order valence-electron chi connectivity index (χ3n) is 9.32. The van der Waals surface area contributed by atoms with Crippen molar-refractivity contribution in [3.63, 3.8) is 0 Å². The number of rotatable bonds is 1. The highest BCUT2D eigenvalue weighted by Gasteiger charge is 2.30. The van der Waals surface area contributed by atoms with Gasteiger partial charge >= 0.3 is 0 Å². The molecule has 1 N–H and O–H groups in total. The summed E-state index contributed by atoms with van der Waals surface area (Å²) in [6.45, 7) is 0. The molecular weight excluding hydrogens is 563 g/mol. The molecule has 1 aliphatic carbocycles. The molecule has 2 aliphatic rings. The number of hydrogen-bond acceptors (Lipinski definition) is 4. The van der Waals surface area contributed by atoms with Crippen LogP contribution in [0.2, 0.25) is 0 Å². The van der Waals surface area contributed by atoms with E-state index in [-0.39, 0.29) is 6.04 Å². The van der Waals surface area contributed by atoms with Gasteiger partial charge in [0.25, 0.3) is 0 Å². The molecule has 0 bridgehead atoms. The normalized spacial score (nSPS) is 16.3. The van der Waals surface area contributed by atoms with Gasteiger partial charge in [-0.15, -0.1) is 22.7 Å². The van der Waals surface area contributed by atoms with E-state index in [1.807, 2.05) is 22.7 Å². The highest BCUT2D eigenvalue weighted by Crippen LogP contribution is 2.52. The van der Waals surface area contributed by atoms with Gasteiger partial charge in [-0.2, -0.15) is 0 Å². The smallest absolute Gasteiger partial charge is 0.162 e. The molecule has 5 heteroatoms. The second kappa shape index (κ2) is 7.90. The van der Waals surface area contributed by atoms with Crippen LogP contribution >= 0.6 is 22.7 Å². The van der Waals surface area contributed by atoms with Gasteiger partial charge in [0.05, 0.1) is 28.5 Å². The van der Waals surface area contributed by atoms with Crippen LogP contribution in [0.15, 0.2) is 120 Å². The summed E-state index contributed by atoms with van der Waals surface area (Å²) < 4.78 is 7.73. The first-order chi connectivity index (χ1) is 21.3. The standard InChI is InChI=1S/C38H21N3S2/c1-5-11-30-22(7-1)23-15-13-21(18-32(23)42-30)20-14-16-29-25(17-20)35-34-24-8-2-6-12-31(24)43-33(34)19-26-36-38(41(29)37(26)35)40-28-10-4-3-9-27(28)39-36/h1-19,27,39H. The molecule has 1 aliphatic heterocycles. The number of nitrogens with one attached hydrogen (secondary N) is 1. The molecule has 5 aromatic carbocycles. The van der Waals surface area contributed by atoms with Crippen molar-refractivity contribution in [2.24, 2.45) is 4.99 Å². The third-order valence-corrected chi connectivity index (χ3v) is 11.6. The fraction of sp³-hybridized carbons (Fsp3) is 0.0263. The molecule has 0 saturated carbocycles. The molecule has 0 saturated heterocycles. The molecule has 1 unspecified atom stereocenters. The summed E-state index contributed by atoms with van der Waals surface area (Å²) in [6, 6.07) is 34.0. The summed E-state index contributed by atoms with van der Waals surface area (Å²) in [4.78, 5) is 5.26. The Morgan fingerprint density at radius 3 is 2.33 bits per heavy atom. The highest BCUT2D eigenvalue weighted by atomic mass is 32.1. The SMILES string of the molecule is C1=CC2=Nc3c(c4cc5sc6ccccc6c5c5c6cc(-c7ccc8c(c7)sc7ccccc78)ccc6n3c45)NC2C=C1. The van der Waals surface area contributed by atoms with Gasteiger partial charge in [0.2, 0.25) is 0 Å². The van der Waals surface area contributed by atoms with Crippen molar-refractivity contribution in [2.45, 2.75) is 6.04 Å². The van der Waals surface area contributed by atoms with Crippen LogP contribution in [0.25, 0.3) is 78.7 Å². The van der Waals surface area contributed by atoms with Crippen LogP contribution in [-0.4, -0.2) is 16.2 Å². The Morgan fingerprint density at radius 1 is 0.628 bits per heavy atom. The fourth-order valence-corrected chi connectivity index (χ4v) is 9.74. The maximum absolute atomic E-state index is 5.26. The summed E-state index contributed by atoms with van der Waals surface area (Å²) in [6.07, 6.45) is 8.51. The first-order valence-corrected chi connectivity index (χ1v) is 16.2. The first-order valence-electron chi connectivity index (χ1n) is 14.6. The van der Waals surface area contributed by atoms with E-state index in [0.29, 0.717) is 0 Å². The van der Waals surface area contributed by atoms with Crippen LogP contribution in [-0.2, 0) is 0 Å². The van der Waals surface area contributed by atoms with Gasteiger partial charge in [0.15, 0.2) is 5.82 Å². The van der Waals surface area contributed by atoms with Crippen molar-refractivity contribution in [3.05, 3.63) is 115 Å². The average Bonchev–Trinajstić information content (AvgIpc) is 3.78. The van der Waals surface area contributed by atoms with E-state index < -0.39 is 0 Å². The zero-order chi connectivity index (χ0) is 27.8. The Balaban J connectivity index is 1.26. The van der Waals surface area contributed by atoms with E-state index >= 15 is 0 Å². The molecule has 0 radical (unpaired) electrons. The predicted molar refractivity (Wildman–Crippen MR) is 188 cm³/mol. The first kappa shape index (κ1) is 22.6.